The molecule has 0 radical (unpaired) electrons. The molecule has 0 aliphatic heterocycles. The van der Waals surface area contributed by atoms with Crippen molar-refractivity contribution in [1.29, 1.82) is 0 Å². The molecule has 0 saturated carbocycles. The number of rotatable bonds is 12. The van der Waals surface area contributed by atoms with E-state index in [-0.39, 0.29) is 0 Å². The van der Waals surface area contributed by atoms with Crippen LogP contribution in [-0.2, 0) is 0 Å². The highest BCUT2D eigenvalue weighted by Gasteiger charge is 2.25. The van der Waals surface area contributed by atoms with Gasteiger partial charge in [-0.05, 0) is 319 Å². The van der Waals surface area contributed by atoms with Gasteiger partial charge >= 0.3 is 0 Å². The number of fused-ring (bicyclic) bond motifs is 12. The highest BCUT2D eigenvalue weighted by atomic mass is 14.3. The van der Waals surface area contributed by atoms with Gasteiger partial charge in [0.2, 0.25) is 0 Å². The van der Waals surface area contributed by atoms with Crippen LogP contribution in [0.15, 0.2) is 558 Å². The Kier molecular flexibility index (Phi) is 20.8. The van der Waals surface area contributed by atoms with E-state index in [9.17, 15) is 0 Å². The van der Waals surface area contributed by atoms with Crippen LogP contribution in [0.5, 0.6) is 0 Å². The third kappa shape index (κ3) is 14.5. The topological polar surface area (TPSA) is 0 Å². The van der Waals surface area contributed by atoms with Crippen molar-refractivity contribution in [1.82, 2.24) is 0 Å². The van der Waals surface area contributed by atoms with Gasteiger partial charge in [-0.1, -0.05) is 534 Å². The van der Waals surface area contributed by atoms with Crippen molar-refractivity contribution in [3.63, 3.8) is 0 Å². The first kappa shape index (κ1) is 85.0. The van der Waals surface area contributed by atoms with Crippen LogP contribution in [0.3, 0.4) is 0 Å². The van der Waals surface area contributed by atoms with Crippen LogP contribution >= 0.6 is 0 Å². The molecule has 0 unspecified atom stereocenters. The van der Waals surface area contributed by atoms with Gasteiger partial charge in [-0.3, -0.25) is 0 Å². The largest absolute Gasteiger partial charge is 0.0622 e. The van der Waals surface area contributed by atoms with Gasteiger partial charge in [-0.15, -0.1) is 0 Å². The van der Waals surface area contributed by atoms with Gasteiger partial charge in [0.25, 0.3) is 0 Å². The van der Waals surface area contributed by atoms with E-state index < -0.39 is 0 Å². The van der Waals surface area contributed by atoms with E-state index in [0.717, 1.165) is 0 Å². The molecule has 0 fully saturated rings. The zero-order valence-corrected chi connectivity index (χ0v) is 80.1. The molecule has 0 nitrogen and oxygen atoms in total. The van der Waals surface area contributed by atoms with Crippen LogP contribution < -0.4 is 0 Å². The minimum absolute atomic E-state index is 1.22. The summed E-state index contributed by atoms with van der Waals surface area (Å²) < 4.78 is 0. The van der Waals surface area contributed by atoms with Crippen molar-refractivity contribution >= 4 is 162 Å². The van der Waals surface area contributed by atoms with Crippen molar-refractivity contribution in [2.24, 2.45) is 0 Å². The van der Waals surface area contributed by atoms with Gasteiger partial charge < -0.3 is 0 Å². The zero-order chi connectivity index (χ0) is 96.2. The smallest absolute Gasteiger partial charge is 0.00201 e. The van der Waals surface area contributed by atoms with Crippen molar-refractivity contribution < 1.29 is 0 Å². The van der Waals surface area contributed by atoms with Gasteiger partial charge in [0, 0.05) is 0 Å². The summed E-state index contributed by atoms with van der Waals surface area (Å²) in [6.45, 7) is 0. The molecule has 0 spiro atoms. The highest BCUT2D eigenvalue weighted by molar-refractivity contribution is 6.31. The Morgan fingerprint density at radius 3 is 0.692 bits per heavy atom. The van der Waals surface area contributed by atoms with E-state index in [0.29, 0.717) is 0 Å². The summed E-state index contributed by atoms with van der Waals surface area (Å²) in [4.78, 5) is 0. The number of benzene rings is 30. The summed E-state index contributed by atoms with van der Waals surface area (Å²) in [5.74, 6) is 0. The molecule has 0 heteroatoms. The molecular weight excluding hydrogens is 1750 g/mol. The average Bonchev–Trinajstić information content (AvgIpc) is 0.768. The standard InChI is InChI=1S/C50H32.2C48H30/c1-2-14-33(15-3-1)34-26-28-35(29-27-34)49-44-22-10-12-24-46(44)50(47-25-13-11-23-45(47)49)43-21-9-4-16-37(43)36-30-31-42-40-19-6-5-17-38(40)39-18-7-8-20-41(39)48(42)32-36;1-2-10-31(11-3-1)32-20-22-35(23-21-32)47-41-16-4-6-18-43(41)48(44-19-7-5-17-42(44)47)37-15-9-14-36(28-37)40-29-38-26-24-33-12-8-13-34-25-27-39(30-40)46(38)45(33)34;1-2-9-31(10-3-1)32-17-21-36(22-18-32)46-40-13-4-6-15-42(40)47(43-16-7-5-14-41(43)46)37-23-19-33(20-24-37)39-29-27-38-26-25-34-11-8-12-35-28-30-44(39)48(38)45(34)35/h1-32H;2*1-30H. The summed E-state index contributed by atoms with van der Waals surface area (Å²) in [5, 5.41) is 38.8. The fourth-order valence-electron chi connectivity index (χ4n) is 24.2. The molecule has 0 N–H and O–H groups in total. The Labute approximate surface area is 846 Å². The lowest BCUT2D eigenvalue weighted by atomic mass is 9.83. The first-order valence-electron chi connectivity index (χ1n) is 50.7. The van der Waals surface area contributed by atoms with E-state index in [1.807, 2.05) is 0 Å². The third-order valence-electron chi connectivity index (χ3n) is 30.8. The van der Waals surface area contributed by atoms with Gasteiger partial charge in [-0.2, -0.15) is 0 Å². The van der Waals surface area contributed by atoms with Crippen LogP contribution in [0.2, 0.25) is 0 Å². The van der Waals surface area contributed by atoms with Gasteiger partial charge in [0.05, 0.1) is 0 Å². The van der Waals surface area contributed by atoms with Crippen LogP contribution in [0, 0.1) is 0 Å². The molecule has 0 aliphatic carbocycles. The van der Waals surface area contributed by atoms with Crippen molar-refractivity contribution in [3.05, 3.63) is 558 Å². The maximum Gasteiger partial charge on any atom is -0.00201 e. The molecule has 0 atom stereocenters. The van der Waals surface area contributed by atoms with Crippen LogP contribution in [0.4, 0.5) is 0 Å². The third-order valence-corrected chi connectivity index (χ3v) is 30.8. The lowest BCUT2D eigenvalue weighted by molar-refractivity contribution is 1.61. The van der Waals surface area contributed by atoms with Crippen molar-refractivity contribution in [2.45, 2.75) is 0 Å². The second kappa shape index (κ2) is 35.7. The summed E-state index contributed by atoms with van der Waals surface area (Å²) in [6.07, 6.45) is 0. The first-order chi connectivity index (χ1) is 72.4. The molecular formula is C146H92. The maximum absolute atomic E-state index is 2.41. The summed E-state index contributed by atoms with van der Waals surface area (Å²) in [6, 6.07) is 205. The molecule has 30 aromatic carbocycles. The van der Waals surface area contributed by atoms with E-state index >= 15 is 0 Å². The van der Waals surface area contributed by atoms with Gasteiger partial charge in [0.15, 0.2) is 0 Å². The Balaban J connectivity index is 0.000000106. The second-order valence-corrected chi connectivity index (χ2v) is 38.9. The SMILES string of the molecule is c1ccc(-c2ccc(-c3c4ccccc4c(-c4ccc(-c5ccc6ccc7cccc8ccc5c6c78)cc4)c4ccccc34)cc2)cc1.c1ccc(-c2ccc(-c3c4ccccc4c(-c4cccc(-c5cc6ccc7cccc8ccc(c5)c6c78)c4)c4ccccc34)cc2)cc1.c1ccc(-c2ccc(-c3c4ccccc4c(-c4ccccc4-c4ccc5c6ccccc6c6ccccc6c5c4)c4ccccc34)cc2)cc1. The van der Waals surface area contributed by atoms with Crippen LogP contribution in [-0.4, -0.2) is 0 Å². The molecule has 146 heavy (non-hydrogen) atoms. The maximum atomic E-state index is 2.41. The Hall–Kier alpha value is -19.0. The van der Waals surface area contributed by atoms with E-state index in [2.05, 4.69) is 558 Å². The Morgan fingerprint density at radius 1 is 0.0753 bits per heavy atom. The molecule has 0 saturated heterocycles. The lowest BCUT2D eigenvalue weighted by Crippen LogP contribution is -1.93. The van der Waals surface area contributed by atoms with E-state index in [4.69, 9.17) is 0 Å². The minimum atomic E-state index is 1.22. The van der Waals surface area contributed by atoms with Crippen molar-refractivity contribution in [3.8, 4) is 134 Å². The fourth-order valence-corrected chi connectivity index (χ4v) is 24.2. The van der Waals surface area contributed by atoms with Crippen LogP contribution in [0.25, 0.3) is 295 Å². The number of hydrogen-bond donors (Lipinski definition) is 0. The molecule has 0 aromatic heterocycles. The monoisotopic (exact) mass is 1840 g/mol. The highest BCUT2D eigenvalue weighted by Crippen LogP contribution is 2.53. The zero-order valence-electron chi connectivity index (χ0n) is 80.1. The first-order valence-corrected chi connectivity index (χ1v) is 50.7. The summed E-state index contributed by atoms with van der Waals surface area (Å²) in [7, 11) is 0. The molecule has 0 aliphatic rings. The summed E-state index contributed by atoms with van der Waals surface area (Å²) >= 11 is 0. The molecule has 0 amide bonds. The van der Waals surface area contributed by atoms with E-state index in [1.165, 1.54) is 295 Å². The van der Waals surface area contributed by atoms with Crippen LogP contribution in [0.1, 0.15) is 0 Å². The molecule has 30 rings (SSSR count). The van der Waals surface area contributed by atoms with Gasteiger partial charge in [0.1, 0.15) is 0 Å². The molecule has 0 heterocycles. The Morgan fingerprint density at radius 2 is 0.308 bits per heavy atom. The van der Waals surface area contributed by atoms with Crippen molar-refractivity contribution in [2.75, 3.05) is 0 Å². The molecule has 676 valence electrons. The lowest BCUT2D eigenvalue weighted by Gasteiger charge is -2.20. The minimum Gasteiger partial charge on any atom is -0.0622 e. The second-order valence-electron chi connectivity index (χ2n) is 38.9. The summed E-state index contributed by atoms with van der Waals surface area (Å²) in [5.41, 5.74) is 29.9. The quantitative estimate of drug-likeness (QED) is 0.0845. The predicted molar refractivity (Wildman–Crippen MR) is 630 cm³/mol. The Bertz CT molecular complexity index is 10100. The van der Waals surface area contributed by atoms with E-state index in [1.54, 1.807) is 0 Å². The fraction of sp³-hybridized carbons (Fsp3) is 0. The van der Waals surface area contributed by atoms with Gasteiger partial charge in [-0.25, -0.2) is 0 Å². The average molecular weight is 1850 g/mol. The number of hydrogen-bond acceptors (Lipinski definition) is 0. The molecule has 30 aromatic rings. The molecule has 0 bridgehead atoms. The predicted octanol–water partition coefficient (Wildman–Crippen LogP) is 41.2. The normalized spacial score (nSPS) is 11.7.